The van der Waals surface area contributed by atoms with Crippen molar-refractivity contribution in [2.45, 2.75) is 75.9 Å². The van der Waals surface area contributed by atoms with Gasteiger partial charge < -0.3 is 4.57 Å². The molecule has 4 saturated carbocycles. The number of nitrogens with zero attached hydrogens (tertiary/aromatic N) is 3. The molecule has 6 rings (SSSR count). The van der Waals surface area contributed by atoms with Crippen LogP contribution in [0, 0.1) is 17.8 Å². The second-order valence-corrected chi connectivity index (χ2v) is 8.19. The minimum Gasteiger partial charge on any atom is -0.312 e. The number of fused-ring (bicyclic) bond motifs is 1. The van der Waals surface area contributed by atoms with Crippen LogP contribution in [0.5, 0.6) is 0 Å². The summed E-state index contributed by atoms with van der Waals surface area (Å²) in [7, 11) is 0. The van der Waals surface area contributed by atoms with Gasteiger partial charge in [0.25, 0.3) is 0 Å². The van der Waals surface area contributed by atoms with Gasteiger partial charge in [-0.25, -0.2) is 4.39 Å². The van der Waals surface area contributed by atoms with Crippen LogP contribution in [0.3, 0.4) is 0 Å². The molecule has 2 heterocycles. The van der Waals surface area contributed by atoms with Gasteiger partial charge >= 0.3 is 0 Å². The van der Waals surface area contributed by atoms with E-state index in [1.807, 2.05) is 0 Å². The molecule has 1 unspecified atom stereocenters. The Labute approximate surface area is 125 Å². The van der Waals surface area contributed by atoms with Crippen molar-refractivity contribution in [2.24, 2.45) is 17.8 Å². The highest BCUT2D eigenvalue weighted by Crippen LogP contribution is 2.60. The maximum absolute atomic E-state index is 14.3. The monoisotopic (exact) mass is 289 g/mol. The molecule has 4 heteroatoms. The van der Waals surface area contributed by atoms with E-state index in [-0.39, 0.29) is 5.41 Å². The maximum atomic E-state index is 14.3. The summed E-state index contributed by atoms with van der Waals surface area (Å²) < 4.78 is 16.5. The molecule has 4 aliphatic carbocycles. The van der Waals surface area contributed by atoms with Crippen LogP contribution in [0.15, 0.2) is 0 Å². The molecule has 21 heavy (non-hydrogen) atoms. The average molecular weight is 289 g/mol. The van der Waals surface area contributed by atoms with Gasteiger partial charge in [0, 0.05) is 12.0 Å². The van der Waals surface area contributed by atoms with Gasteiger partial charge in [0.15, 0.2) is 12.0 Å². The smallest absolute Gasteiger partial charge is 0.167 e. The predicted molar refractivity (Wildman–Crippen MR) is 77.6 cm³/mol. The molecule has 1 aromatic rings. The Morgan fingerprint density at radius 2 is 1.62 bits per heavy atom. The van der Waals surface area contributed by atoms with E-state index in [1.165, 1.54) is 38.5 Å². The molecule has 0 spiro atoms. The van der Waals surface area contributed by atoms with Gasteiger partial charge in [-0.3, -0.25) is 0 Å². The Bertz CT molecular complexity index is 529. The van der Waals surface area contributed by atoms with Crippen molar-refractivity contribution in [2.75, 3.05) is 0 Å². The molecule has 5 aliphatic rings. The van der Waals surface area contributed by atoms with Crippen LogP contribution < -0.4 is 0 Å². The molecule has 4 fully saturated rings. The van der Waals surface area contributed by atoms with Crippen molar-refractivity contribution in [3.63, 3.8) is 0 Å². The minimum atomic E-state index is -0.900. The lowest BCUT2D eigenvalue weighted by Gasteiger charge is -2.56. The number of hydrogen-bond acceptors (Lipinski definition) is 2. The van der Waals surface area contributed by atoms with Crippen molar-refractivity contribution in [3.8, 4) is 0 Å². The van der Waals surface area contributed by atoms with Gasteiger partial charge in [0.1, 0.15) is 5.82 Å². The summed E-state index contributed by atoms with van der Waals surface area (Å²) in [5, 5.41) is 8.85. The zero-order valence-corrected chi connectivity index (χ0v) is 12.6. The summed E-state index contributed by atoms with van der Waals surface area (Å²) >= 11 is 0. The molecule has 0 amide bonds. The highest BCUT2D eigenvalue weighted by molar-refractivity contribution is 5.19. The van der Waals surface area contributed by atoms with Crippen LogP contribution in [-0.4, -0.2) is 14.8 Å². The molecule has 1 aliphatic heterocycles. The maximum Gasteiger partial charge on any atom is 0.167 e. The lowest BCUT2D eigenvalue weighted by molar-refractivity contribution is -0.0113. The van der Waals surface area contributed by atoms with E-state index < -0.39 is 6.17 Å². The van der Waals surface area contributed by atoms with Crippen LogP contribution in [0.2, 0.25) is 0 Å². The summed E-state index contributed by atoms with van der Waals surface area (Å²) in [5.74, 6) is 4.47. The van der Waals surface area contributed by atoms with Crippen LogP contribution in [0.4, 0.5) is 4.39 Å². The molecule has 114 valence electrons. The SMILES string of the molecule is FC1CCCCn2c1nnc2C12CC3CC(CC(C3)C1)C2. The van der Waals surface area contributed by atoms with Crippen LogP contribution in [0.25, 0.3) is 0 Å². The number of alkyl halides is 1. The topological polar surface area (TPSA) is 30.7 Å². The largest absolute Gasteiger partial charge is 0.312 e. The molecular weight excluding hydrogens is 265 g/mol. The standard InChI is InChI=1S/C17H24FN3/c18-14-3-1-2-4-21-15(14)19-20-16(21)17-8-11-5-12(9-17)7-13(6-11)10-17/h11-14H,1-10H2. The second-order valence-electron chi connectivity index (χ2n) is 8.19. The summed E-state index contributed by atoms with van der Waals surface area (Å²) in [6.45, 7) is 0.930. The van der Waals surface area contributed by atoms with E-state index in [1.54, 1.807) is 0 Å². The molecular formula is C17H24FN3. The van der Waals surface area contributed by atoms with Gasteiger partial charge in [-0.2, -0.15) is 0 Å². The Hall–Kier alpha value is -0.930. The molecule has 0 saturated heterocycles. The number of rotatable bonds is 1. The van der Waals surface area contributed by atoms with Gasteiger partial charge in [-0.1, -0.05) is 0 Å². The summed E-state index contributed by atoms with van der Waals surface area (Å²) in [5.41, 5.74) is 0.240. The van der Waals surface area contributed by atoms with E-state index in [9.17, 15) is 4.39 Å². The fourth-order valence-electron chi connectivity index (χ4n) is 6.27. The Balaban J connectivity index is 1.59. The fraction of sp³-hybridized carbons (Fsp3) is 0.882. The summed E-state index contributed by atoms with van der Waals surface area (Å²) in [6.07, 6.45) is 9.94. The third-order valence-electron chi connectivity index (χ3n) is 6.66. The van der Waals surface area contributed by atoms with Crippen molar-refractivity contribution in [3.05, 3.63) is 11.6 Å². The van der Waals surface area contributed by atoms with Crippen molar-refractivity contribution in [1.29, 1.82) is 0 Å². The van der Waals surface area contributed by atoms with E-state index in [2.05, 4.69) is 14.8 Å². The van der Waals surface area contributed by atoms with Crippen molar-refractivity contribution in [1.82, 2.24) is 14.8 Å². The van der Waals surface area contributed by atoms with Crippen LogP contribution >= 0.6 is 0 Å². The van der Waals surface area contributed by atoms with Gasteiger partial charge in [0.05, 0.1) is 0 Å². The van der Waals surface area contributed by atoms with E-state index in [0.717, 1.165) is 43.0 Å². The highest BCUT2D eigenvalue weighted by Gasteiger charge is 2.54. The summed E-state index contributed by atoms with van der Waals surface area (Å²) in [4.78, 5) is 0. The Morgan fingerprint density at radius 3 is 2.29 bits per heavy atom. The minimum absolute atomic E-state index is 0.240. The molecule has 1 aromatic heterocycles. The van der Waals surface area contributed by atoms with Gasteiger partial charge in [-0.05, 0) is 75.5 Å². The van der Waals surface area contributed by atoms with Gasteiger partial charge in [0.2, 0.25) is 0 Å². The normalized spacial score (nSPS) is 44.6. The van der Waals surface area contributed by atoms with Crippen molar-refractivity contribution >= 4 is 0 Å². The first-order valence-electron chi connectivity index (χ1n) is 8.81. The molecule has 0 aromatic carbocycles. The van der Waals surface area contributed by atoms with E-state index >= 15 is 0 Å². The molecule has 4 bridgehead atoms. The van der Waals surface area contributed by atoms with Crippen LogP contribution in [0.1, 0.15) is 75.6 Å². The predicted octanol–water partition coefficient (Wildman–Crippen LogP) is 3.94. The Kier molecular flexibility index (Phi) is 2.58. The van der Waals surface area contributed by atoms with Crippen LogP contribution in [-0.2, 0) is 12.0 Å². The zero-order valence-electron chi connectivity index (χ0n) is 12.6. The zero-order chi connectivity index (χ0) is 14.0. The second kappa shape index (κ2) is 4.30. The number of halogens is 1. The van der Waals surface area contributed by atoms with Crippen molar-refractivity contribution < 1.29 is 4.39 Å². The van der Waals surface area contributed by atoms with E-state index in [4.69, 9.17) is 0 Å². The lowest BCUT2D eigenvalue weighted by atomic mass is 9.49. The Morgan fingerprint density at radius 1 is 0.952 bits per heavy atom. The molecule has 1 atom stereocenters. The fourth-order valence-corrected chi connectivity index (χ4v) is 6.27. The lowest BCUT2D eigenvalue weighted by Crippen LogP contribution is -2.49. The van der Waals surface area contributed by atoms with E-state index in [0.29, 0.717) is 12.2 Å². The first-order chi connectivity index (χ1) is 10.2. The first-order valence-corrected chi connectivity index (χ1v) is 8.81. The third kappa shape index (κ3) is 1.77. The summed E-state index contributed by atoms with van der Waals surface area (Å²) in [6, 6.07) is 0. The molecule has 3 nitrogen and oxygen atoms in total. The quantitative estimate of drug-likeness (QED) is 0.784. The molecule has 0 radical (unpaired) electrons. The van der Waals surface area contributed by atoms with Gasteiger partial charge in [-0.15, -0.1) is 10.2 Å². The first kappa shape index (κ1) is 12.6. The number of aromatic nitrogens is 3. The average Bonchev–Trinajstić information content (AvgIpc) is 2.79. The molecule has 0 N–H and O–H groups in total. The third-order valence-corrected chi connectivity index (χ3v) is 6.66. The number of hydrogen-bond donors (Lipinski definition) is 0. The highest BCUT2D eigenvalue weighted by atomic mass is 19.1.